The first-order valence-electron chi connectivity index (χ1n) is 6.98. The first kappa shape index (κ1) is 15.0. The number of anilines is 1. The van der Waals surface area contributed by atoms with Crippen molar-refractivity contribution in [2.45, 2.75) is 33.2 Å². The third-order valence-electron chi connectivity index (χ3n) is 3.08. The third-order valence-corrected chi connectivity index (χ3v) is 3.08. The Balaban J connectivity index is 2.14. The summed E-state index contributed by atoms with van der Waals surface area (Å²) in [4.78, 5) is 19.8. The molecule has 0 amide bonds. The molecule has 0 saturated heterocycles. The molecule has 0 spiro atoms. The molecule has 0 bridgehead atoms. The number of rotatable bonds is 6. The molecule has 5 nitrogen and oxygen atoms in total. The number of carboxylic acid groups (broad SMARTS) is 1. The average Bonchev–Trinajstić information content (AvgIpc) is 2.47. The predicted octanol–water partition coefficient (Wildman–Crippen LogP) is 3.05. The van der Waals surface area contributed by atoms with Crippen molar-refractivity contribution in [1.29, 1.82) is 0 Å². The summed E-state index contributed by atoms with van der Waals surface area (Å²) in [6, 6.07) is 7.12. The fraction of sp³-hybridized carbons (Fsp3) is 0.312. The Morgan fingerprint density at radius 3 is 2.76 bits per heavy atom. The van der Waals surface area contributed by atoms with Crippen LogP contribution in [0.25, 0.3) is 0 Å². The fourth-order valence-corrected chi connectivity index (χ4v) is 1.98. The van der Waals surface area contributed by atoms with Gasteiger partial charge in [0.15, 0.2) is 0 Å². The molecule has 0 aliphatic rings. The second-order valence-corrected chi connectivity index (χ2v) is 4.95. The molecule has 2 aromatic heterocycles. The molecule has 0 aliphatic carbocycles. The van der Waals surface area contributed by atoms with Crippen molar-refractivity contribution in [2.75, 3.05) is 5.32 Å². The standard InChI is InChI=1S/C16H19N3O2/c1-3-4-14-7-13(16(20)21)8-15(19-14)18-10-12-6-5-11(2)17-9-12/h5-9H,3-4,10H2,1-2H3,(H,18,19)(H,20,21). The van der Waals surface area contributed by atoms with Crippen LogP contribution in [0.5, 0.6) is 0 Å². The highest BCUT2D eigenvalue weighted by atomic mass is 16.4. The molecule has 0 radical (unpaired) electrons. The van der Waals surface area contributed by atoms with Gasteiger partial charge in [-0.2, -0.15) is 0 Å². The first-order valence-corrected chi connectivity index (χ1v) is 6.98. The van der Waals surface area contributed by atoms with E-state index < -0.39 is 5.97 Å². The van der Waals surface area contributed by atoms with E-state index in [0.29, 0.717) is 12.4 Å². The molecule has 21 heavy (non-hydrogen) atoms. The Kier molecular flexibility index (Phi) is 4.87. The molecule has 0 fully saturated rings. The van der Waals surface area contributed by atoms with E-state index in [4.69, 9.17) is 5.11 Å². The van der Waals surface area contributed by atoms with Gasteiger partial charge in [0.25, 0.3) is 0 Å². The topological polar surface area (TPSA) is 75.1 Å². The van der Waals surface area contributed by atoms with Crippen molar-refractivity contribution < 1.29 is 9.90 Å². The molecular formula is C16H19N3O2. The van der Waals surface area contributed by atoms with Crippen LogP contribution in [0.3, 0.4) is 0 Å². The summed E-state index contributed by atoms with van der Waals surface area (Å²) in [6.45, 7) is 4.54. The molecule has 0 atom stereocenters. The number of carboxylic acids is 1. The Hall–Kier alpha value is -2.43. The highest BCUT2D eigenvalue weighted by Gasteiger charge is 2.08. The Morgan fingerprint density at radius 2 is 2.14 bits per heavy atom. The minimum absolute atomic E-state index is 0.262. The molecule has 2 aromatic rings. The number of hydrogen-bond acceptors (Lipinski definition) is 4. The molecule has 110 valence electrons. The van der Waals surface area contributed by atoms with Crippen LogP contribution < -0.4 is 5.32 Å². The molecule has 2 heterocycles. The molecule has 2 N–H and O–H groups in total. The number of aryl methyl sites for hydroxylation is 2. The quantitative estimate of drug-likeness (QED) is 0.853. The zero-order valence-electron chi connectivity index (χ0n) is 12.3. The van der Waals surface area contributed by atoms with Crippen LogP contribution >= 0.6 is 0 Å². The van der Waals surface area contributed by atoms with E-state index in [1.807, 2.05) is 26.0 Å². The van der Waals surface area contributed by atoms with Gasteiger partial charge in [-0.3, -0.25) is 4.98 Å². The zero-order valence-corrected chi connectivity index (χ0v) is 12.3. The van der Waals surface area contributed by atoms with Crippen molar-refractivity contribution >= 4 is 11.8 Å². The van der Waals surface area contributed by atoms with Crippen LogP contribution in [0, 0.1) is 6.92 Å². The van der Waals surface area contributed by atoms with Crippen molar-refractivity contribution in [3.8, 4) is 0 Å². The lowest BCUT2D eigenvalue weighted by Crippen LogP contribution is -2.07. The van der Waals surface area contributed by atoms with Crippen LogP contribution in [0.4, 0.5) is 5.82 Å². The van der Waals surface area contributed by atoms with Gasteiger partial charge >= 0.3 is 5.97 Å². The van der Waals surface area contributed by atoms with Gasteiger partial charge in [0, 0.05) is 24.1 Å². The van der Waals surface area contributed by atoms with Crippen LogP contribution in [-0.4, -0.2) is 21.0 Å². The van der Waals surface area contributed by atoms with E-state index in [1.54, 1.807) is 18.3 Å². The Bertz CT molecular complexity index is 624. The van der Waals surface area contributed by atoms with Crippen molar-refractivity contribution in [2.24, 2.45) is 0 Å². The maximum Gasteiger partial charge on any atom is 0.335 e. The van der Waals surface area contributed by atoms with Crippen molar-refractivity contribution in [3.63, 3.8) is 0 Å². The van der Waals surface area contributed by atoms with E-state index in [-0.39, 0.29) is 5.56 Å². The third kappa shape index (κ3) is 4.27. The molecule has 0 aliphatic heterocycles. The van der Waals surface area contributed by atoms with Gasteiger partial charge < -0.3 is 10.4 Å². The van der Waals surface area contributed by atoms with E-state index in [2.05, 4.69) is 15.3 Å². The first-order chi connectivity index (χ1) is 10.1. The van der Waals surface area contributed by atoms with Gasteiger partial charge in [0.2, 0.25) is 0 Å². The molecular weight excluding hydrogens is 266 g/mol. The lowest BCUT2D eigenvalue weighted by molar-refractivity contribution is 0.0696. The van der Waals surface area contributed by atoms with Gasteiger partial charge in [-0.1, -0.05) is 19.4 Å². The minimum atomic E-state index is -0.935. The number of hydrogen-bond donors (Lipinski definition) is 2. The number of nitrogens with zero attached hydrogens (tertiary/aromatic N) is 2. The van der Waals surface area contributed by atoms with Gasteiger partial charge in [0.05, 0.1) is 5.56 Å². The molecule has 0 unspecified atom stereocenters. The lowest BCUT2D eigenvalue weighted by atomic mass is 10.1. The van der Waals surface area contributed by atoms with Gasteiger partial charge in [-0.25, -0.2) is 9.78 Å². The monoisotopic (exact) mass is 285 g/mol. The minimum Gasteiger partial charge on any atom is -0.478 e. The summed E-state index contributed by atoms with van der Waals surface area (Å²) in [5.41, 5.74) is 3.05. The summed E-state index contributed by atoms with van der Waals surface area (Å²) in [5.74, 6) is -0.353. The highest BCUT2D eigenvalue weighted by Crippen LogP contribution is 2.13. The zero-order chi connectivity index (χ0) is 15.2. The number of pyridine rings is 2. The number of aromatic carboxylic acids is 1. The molecule has 5 heteroatoms. The van der Waals surface area contributed by atoms with Crippen LogP contribution in [-0.2, 0) is 13.0 Å². The van der Waals surface area contributed by atoms with Crippen LogP contribution in [0.15, 0.2) is 30.5 Å². The smallest absolute Gasteiger partial charge is 0.335 e. The summed E-state index contributed by atoms with van der Waals surface area (Å²) >= 11 is 0. The second-order valence-electron chi connectivity index (χ2n) is 4.95. The second kappa shape index (κ2) is 6.83. The number of carbonyl (C=O) groups is 1. The highest BCUT2D eigenvalue weighted by molar-refractivity contribution is 5.88. The molecule has 2 rings (SSSR count). The summed E-state index contributed by atoms with van der Waals surface area (Å²) in [6.07, 6.45) is 3.50. The van der Waals surface area contributed by atoms with Gasteiger partial charge in [-0.15, -0.1) is 0 Å². The van der Waals surface area contributed by atoms with E-state index in [1.165, 1.54) is 0 Å². The largest absolute Gasteiger partial charge is 0.478 e. The predicted molar refractivity (Wildman–Crippen MR) is 81.5 cm³/mol. The number of nitrogens with one attached hydrogen (secondary N) is 1. The van der Waals surface area contributed by atoms with Gasteiger partial charge in [0.1, 0.15) is 5.82 Å². The van der Waals surface area contributed by atoms with Crippen LogP contribution in [0.2, 0.25) is 0 Å². The molecule has 0 aromatic carbocycles. The van der Waals surface area contributed by atoms with Crippen molar-refractivity contribution in [3.05, 3.63) is 53.0 Å². The Labute approximate surface area is 124 Å². The van der Waals surface area contributed by atoms with Crippen molar-refractivity contribution in [1.82, 2.24) is 9.97 Å². The normalized spacial score (nSPS) is 10.4. The lowest BCUT2D eigenvalue weighted by Gasteiger charge is -2.09. The van der Waals surface area contributed by atoms with E-state index >= 15 is 0 Å². The van der Waals surface area contributed by atoms with Gasteiger partial charge in [-0.05, 0) is 37.1 Å². The maximum atomic E-state index is 11.2. The summed E-state index contributed by atoms with van der Waals surface area (Å²) in [7, 11) is 0. The maximum absolute atomic E-state index is 11.2. The van der Waals surface area contributed by atoms with E-state index in [0.717, 1.165) is 29.8 Å². The summed E-state index contributed by atoms with van der Waals surface area (Å²) < 4.78 is 0. The average molecular weight is 285 g/mol. The Morgan fingerprint density at radius 1 is 1.33 bits per heavy atom. The fourth-order valence-electron chi connectivity index (χ4n) is 1.98. The SMILES string of the molecule is CCCc1cc(C(=O)O)cc(NCc2ccc(C)nc2)n1. The molecule has 0 saturated carbocycles. The van der Waals surface area contributed by atoms with Crippen LogP contribution in [0.1, 0.15) is 40.7 Å². The summed E-state index contributed by atoms with van der Waals surface area (Å²) in [5, 5.41) is 12.3. The van der Waals surface area contributed by atoms with E-state index in [9.17, 15) is 4.79 Å². The number of aromatic nitrogens is 2.